The maximum atomic E-state index is 13.7. The fourth-order valence-electron chi connectivity index (χ4n) is 1.69. The van der Waals surface area contributed by atoms with E-state index in [1.807, 2.05) is 6.92 Å². The van der Waals surface area contributed by atoms with E-state index in [1.54, 1.807) is 18.3 Å². The number of rotatable bonds is 2. The maximum Gasteiger partial charge on any atom is 0.130 e. The van der Waals surface area contributed by atoms with Gasteiger partial charge in [0.1, 0.15) is 11.9 Å². The lowest BCUT2D eigenvalue weighted by Crippen LogP contribution is -2.05. The minimum absolute atomic E-state index is 0.0882. The molecular formula is C13H11ClFNO. The van der Waals surface area contributed by atoms with Crippen molar-refractivity contribution in [1.29, 1.82) is 0 Å². The summed E-state index contributed by atoms with van der Waals surface area (Å²) in [6.07, 6.45) is 2.04. The summed E-state index contributed by atoms with van der Waals surface area (Å²) in [6, 6.07) is 6.09. The Morgan fingerprint density at radius 3 is 2.76 bits per heavy atom. The van der Waals surface area contributed by atoms with Crippen LogP contribution in [0.5, 0.6) is 0 Å². The van der Waals surface area contributed by atoms with Gasteiger partial charge in [-0.2, -0.15) is 0 Å². The quantitative estimate of drug-likeness (QED) is 0.889. The summed E-state index contributed by atoms with van der Waals surface area (Å²) in [5.41, 5.74) is 1.48. The molecule has 0 saturated heterocycles. The first-order valence-electron chi connectivity index (χ1n) is 5.13. The first-order valence-corrected chi connectivity index (χ1v) is 5.51. The van der Waals surface area contributed by atoms with Gasteiger partial charge in [0.05, 0.1) is 0 Å². The van der Waals surface area contributed by atoms with Crippen LogP contribution >= 0.6 is 11.6 Å². The van der Waals surface area contributed by atoms with Crippen LogP contribution in [0, 0.1) is 12.7 Å². The highest BCUT2D eigenvalue weighted by molar-refractivity contribution is 6.31. The summed E-state index contributed by atoms with van der Waals surface area (Å²) < 4.78 is 13.7. The number of halogens is 2. The van der Waals surface area contributed by atoms with Gasteiger partial charge in [0.15, 0.2) is 0 Å². The normalized spacial score (nSPS) is 12.5. The van der Waals surface area contributed by atoms with Crippen molar-refractivity contribution in [2.24, 2.45) is 0 Å². The van der Waals surface area contributed by atoms with Gasteiger partial charge in [-0.15, -0.1) is 0 Å². The summed E-state index contributed by atoms with van der Waals surface area (Å²) in [5, 5.41) is 10.4. The number of hydrogen-bond acceptors (Lipinski definition) is 2. The zero-order chi connectivity index (χ0) is 12.4. The molecule has 1 aromatic heterocycles. The summed E-state index contributed by atoms with van der Waals surface area (Å²) in [7, 11) is 0. The molecule has 1 aromatic carbocycles. The summed E-state index contributed by atoms with van der Waals surface area (Å²) in [5.74, 6) is -0.520. The Kier molecular flexibility index (Phi) is 3.41. The van der Waals surface area contributed by atoms with E-state index in [4.69, 9.17) is 11.6 Å². The van der Waals surface area contributed by atoms with Gasteiger partial charge in [-0.1, -0.05) is 17.7 Å². The van der Waals surface area contributed by atoms with Gasteiger partial charge in [0, 0.05) is 28.5 Å². The maximum absolute atomic E-state index is 13.7. The van der Waals surface area contributed by atoms with Crippen LogP contribution in [0.15, 0.2) is 36.7 Å². The molecule has 88 valence electrons. The number of benzene rings is 1. The molecule has 0 bridgehead atoms. The highest BCUT2D eigenvalue weighted by atomic mass is 35.5. The molecule has 1 unspecified atom stereocenters. The number of aryl methyl sites for hydroxylation is 1. The van der Waals surface area contributed by atoms with Gasteiger partial charge in [0.25, 0.3) is 0 Å². The molecule has 4 heteroatoms. The Morgan fingerprint density at radius 2 is 2.12 bits per heavy atom. The average molecular weight is 252 g/mol. The fourth-order valence-corrected chi connectivity index (χ4v) is 1.96. The van der Waals surface area contributed by atoms with E-state index in [9.17, 15) is 9.50 Å². The van der Waals surface area contributed by atoms with Crippen LogP contribution < -0.4 is 0 Å². The number of pyridine rings is 1. The van der Waals surface area contributed by atoms with Crippen molar-refractivity contribution in [3.63, 3.8) is 0 Å². The van der Waals surface area contributed by atoms with Gasteiger partial charge < -0.3 is 5.11 Å². The highest BCUT2D eigenvalue weighted by Gasteiger charge is 2.19. The molecule has 17 heavy (non-hydrogen) atoms. The predicted molar refractivity (Wildman–Crippen MR) is 64.4 cm³/mol. The topological polar surface area (TPSA) is 33.1 Å². The number of aliphatic hydroxyl groups is 1. The van der Waals surface area contributed by atoms with Crippen molar-refractivity contribution in [1.82, 2.24) is 4.98 Å². The first-order chi connectivity index (χ1) is 8.11. The SMILES string of the molecule is Cc1ccncc1C(O)c1c(F)cccc1Cl. The molecule has 0 amide bonds. The lowest BCUT2D eigenvalue weighted by atomic mass is 9.99. The van der Waals surface area contributed by atoms with Crippen LogP contribution in [0.1, 0.15) is 22.8 Å². The van der Waals surface area contributed by atoms with Crippen LogP contribution in [0.2, 0.25) is 5.02 Å². The number of aliphatic hydroxyl groups excluding tert-OH is 1. The van der Waals surface area contributed by atoms with Crippen molar-refractivity contribution in [2.45, 2.75) is 13.0 Å². The molecule has 2 rings (SSSR count). The second kappa shape index (κ2) is 4.82. The van der Waals surface area contributed by atoms with Crippen molar-refractivity contribution >= 4 is 11.6 Å². The number of aromatic nitrogens is 1. The molecule has 0 aliphatic rings. The molecule has 2 nitrogen and oxygen atoms in total. The second-order valence-electron chi connectivity index (χ2n) is 3.77. The molecule has 2 aromatic rings. The minimum atomic E-state index is -1.10. The molecule has 0 aliphatic carbocycles. The summed E-state index contributed by atoms with van der Waals surface area (Å²) in [6.45, 7) is 1.83. The van der Waals surface area contributed by atoms with E-state index in [1.165, 1.54) is 18.3 Å². The third kappa shape index (κ3) is 2.30. The Hall–Kier alpha value is -1.45. The van der Waals surface area contributed by atoms with Crippen LogP contribution in [0.25, 0.3) is 0 Å². The zero-order valence-electron chi connectivity index (χ0n) is 9.19. The van der Waals surface area contributed by atoms with E-state index in [0.717, 1.165) is 5.56 Å². The van der Waals surface area contributed by atoms with Crippen molar-refractivity contribution in [3.05, 3.63) is 64.2 Å². The summed E-state index contributed by atoms with van der Waals surface area (Å²) in [4.78, 5) is 3.93. The Labute approximate surface area is 104 Å². The van der Waals surface area contributed by atoms with E-state index in [0.29, 0.717) is 5.56 Å². The van der Waals surface area contributed by atoms with Crippen molar-refractivity contribution in [2.75, 3.05) is 0 Å². The molecule has 0 spiro atoms. The molecule has 1 N–H and O–H groups in total. The van der Waals surface area contributed by atoms with Gasteiger partial charge in [0.2, 0.25) is 0 Å². The van der Waals surface area contributed by atoms with E-state index < -0.39 is 11.9 Å². The molecule has 0 aliphatic heterocycles. The number of hydrogen-bond donors (Lipinski definition) is 1. The van der Waals surface area contributed by atoms with Gasteiger partial charge in [-0.3, -0.25) is 4.98 Å². The molecule has 0 fully saturated rings. The lowest BCUT2D eigenvalue weighted by Gasteiger charge is -2.15. The van der Waals surface area contributed by atoms with Crippen molar-refractivity contribution in [3.8, 4) is 0 Å². The Bertz CT molecular complexity index is 524. The fraction of sp³-hybridized carbons (Fsp3) is 0.154. The lowest BCUT2D eigenvalue weighted by molar-refractivity contribution is 0.214. The third-order valence-electron chi connectivity index (χ3n) is 2.65. The van der Waals surface area contributed by atoms with Crippen molar-refractivity contribution < 1.29 is 9.50 Å². The highest BCUT2D eigenvalue weighted by Crippen LogP contribution is 2.31. The minimum Gasteiger partial charge on any atom is -0.383 e. The molecule has 1 heterocycles. The standard InChI is InChI=1S/C13H11ClFNO/c1-8-5-6-16-7-9(8)13(17)12-10(14)3-2-4-11(12)15/h2-7,13,17H,1H3. The van der Waals surface area contributed by atoms with Crippen LogP contribution in [0.4, 0.5) is 4.39 Å². The monoisotopic (exact) mass is 251 g/mol. The Balaban J connectivity index is 2.51. The van der Waals surface area contributed by atoms with Gasteiger partial charge in [-0.25, -0.2) is 4.39 Å². The zero-order valence-corrected chi connectivity index (χ0v) is 9.95. The van der Waals surface area contributed by atoms with E-state index in [-0.39, 0.29) is 10.6 Å². The Morgan fingerprint density at radius 1 is 1.35 bits per heavy atom. The third-order valence-corrected chi connectivity index (χ3v) is 2.98. The van der Waals surface area contributed by atoms with Gasteiger partial charge >= 0.3 is 0 Å². The molecule has 1 atom stereocenters. The molecule has 0 saturated carbocycles. The van der Waals surface area contributed by atoms with Crippen LogP contribution in [0.3, 0.4) is 0 Å². The predicted octanol–water partition coefficient (Wildman–Crippen LogP) is 3.26. The second-order valence-corrected chi connectivity index (χ2v) is 4.18. The van der Waals surface area contributed by atoms with Crippen LogP contribution in [-0.2, 0) is 0 Å². The average Bonchev–Trinajstić information content (AvgIpc) is 2.29. The number of nitrogens with zero attached hydrogens (tertiary/aromatic N) is 1. The smallest absolute Gasteiger partial charge is 0.130 e. The van der Waals surface area contributed by atoms with Gasteiger partial charge in [-0.05, 0) is 30.7 Å². The van der Waals surface area contributed by atoms with Crippen LogP contribution in [-0.4, -0.2) is 10.1 Å². The first kappa shape index (κ1) is 12.0. The van der Waals surface area contributed by atoms with E-state index >= 15 is 0 Å². The van der Waals surface area contributed by atoms with E-state index in [2.05, 4.69) is 4.98 Å². The largest absolute Gasteiger partial charge is 0.383 e. The summed E-state index contributed by atoms with van der Waals surface area (Å²) >= 11 is 5.91. The molecule has 0 radical (unpaired) electrons. The molecular weight excluding hydrogens is 241 g/mol.